The molecule has 0 N–H and O–H groups in total. The van der Waals surface area contributed by atoms with Crippen LogP contribution in [0.25, 0.3) is 0 Å². The molecule has 0 aromatic rings. The van der Waals surface area contributed by atoms with E-state index in [2.05, 4.69) is 28.2 Å². The van der Waals surface area contributed by atoms with Crippen LogP contribution in [0.15, 0.2) is 0 Å². The molecule has 1 spiro atoms. The van der Waals surface area contributed by atoms with Gasteiger partial charge in [0.15, 0.2) is 5.71 Å². The second-order valence-corrected chi connectivity index (χ2v) is 9.71. The number of hydrogen-bond donors (Lipinski definition) is 0. The lowest BCUT2D eigenvalue weighted by molar-refractivity contribution is -0.539. The minimum absolute atomic E-state index is 0.297. The van der Waals surface area contributed by atoms with Gasteiger partial charge in [0.2, 0.25) is 5.91 Å². The highest BCUT2D eigenvalue weighted by Crippen LogP contribution is 2.41. The summed E-state index contributed by atoms with van der Waals surface area (Å²) >= 11 is 0. The number of carbonyl (C=O) groups is 1. The Hall–Kier alpha value is -0.900. The van der Waals surface area contributed by atoms with E-state index in [1.165, 1.54) is 58.3 Å². The van der Waals surface area contributed by atoms with Crippen molar-refractivity contribution in [3.05, 3.63) is 0 Å². The van der Waals surface area contributed by atoms with Crippen LogP contribution in [0.1, 0.15) is 71.6 Å². The van der Waals surface area contributed by atoms with Crippen LogP contribution in [0.4, 0.5) is 0 Å². The number of hydrogen-bond acceptors (Lipinski definition) is 2. The van der Waals surface area contributed by atoms with Gasteiger partial charge in [-0.05, 0) is 51.4 Å². The van der Waals surface area contributed by atoms with Crippen molar-refractivity contribution in [2.24, 2.45) is 11.3 Å². The molecule has 4 rings (SSSR count). The highest BCUT2D eigenvalue weighted by atomic mass is 16.2. The molecule has 4 nitrogen and oxygen atoms in total. The zero-order valence-corrected chi connectivity index (χ0v) is 17.0. The van der Waals surface area contributed by atoms with Gasteiger partial charge in [-0.2, -0.15) is 0 Å². The first-order valence-corrected chi connectivity index (χ1v) is 11.2. The molecule has 1 saturated carbocycles. The molecule has 1 aliphatic carbocycles. The van der Waals surface area contributed by atoms with Gasteiger partial charge in [-0.3, -0.25) is 9.69 Å². The van der Waals surface area contributed by atoms with E-state index >= 15 is 0 Å². The van der Waals surface area contributed by atoms with Crippen LogP contribution in [-0.2, 0) is 4.79 Å². The average Bonchev–Trinajstić information content (AvgIpc) is 2.66. The smallest absolute Gasteiger partial charge is 0.225 e. The van der Waals surface area contributed by atoms with Crippen molar-refractivity contribution in [2.75, 3.05) is 39.3 Å². The Kier molecular flexibility index (Phi) is 5.41. The summed E-state index contributed by atoms with van der Waals surface area (Å²) in [6, 6.07) is 0.674. The molecule has 0 atom stereocenters. The summed E-state index contributed by atoms with van der Waals surface area (Å²) in [4.78, 5) is 17.8. The molecule has 0 radical (unpaired) electrons. The van der Waals surface area contributed by atoms with Gasteiger partial charge in [0.1, 0.15) is 13.1 Å². The fourth-order valence-corrected chi connectivity index (χ4v) is 5.68. The van der Waals surface area contributed by atoms with Gasteiger partial charge in [0.25, 0.3) is 0 Å². The highest BCUT2D eigenvalue weighted by molar-refractivity contribution is 5.85. The average molecular weight is 361 g/mol. The van der Waals surface area contributed by atoms with E-state index in [4.69, 9.17) is 0 Å². The van der Waals surface area contributed by atoms with Crippen molar-refractivity contribution in [2.45, 2.75) is 77.7 Å². The molecule has 0 aromatic heterocycles. The molecule has 4 heteroatoms. The number of piperidine rings is 2. The van der Waals surface area contributed by atoms with Gasteiger partial charge in [-0.1, -0.05) is 0 Å². The monoisotopic (exact) mass is 360 g/mol. The first-order chi connectivity index (χ1) is 12.6. The molecule has 0 aromatic carbocycles. The maximum Gasteiger partial charge on any atom is 0.225 e. The third-order valence-corrected chi connectivity index (χ3v) is 7.66. The lowest BCUT2D eigenvalue weighted by atomic mass is 9.71. The summed E-state index contributed by atoms with van der Waals surface area (Å²) in [6.45, 7) is 11.6. The molecule has 4 fully saturated rings. The van der Waals surface area contributed by atoms with E-state index in [1.807, 2.05) is 0 Å². The molecule has 0 unspecified atom stereocenters. The second kappa shape index (κ2) is 7.61. The number of likely N-dealkylation sites (tertiary alicyclic amines) is 2. The van der Waals surface area contributed by atoms with E-state index in [9.17, 15) is 4.79 Å². The second-order valence-electron chi connectivity index (χ2n) is 9.71. The fraction of sp³-hybridized carbons (Fsp3) is 0.909. The van der Waals surface area contributed by atoms with Gasteiger partial charge in [-0.25, -0.2) is 4.58 Å². The molecule has 26 heavy (non-hydrogen) atoms. The van der Waals surface area contributed by atoms with Gasteiger partial charge < -0.3 is 4.90 Å². The van der Waals surface area contributed by atoms with Crippen molar-refractivity contribution in [1.29, 1.82) is 0 Å². The normalized spacial score (nSPS) is 30.0. The zero-order chi connectivity index (χ0) is 18.1. The van der Waals surface area contributed by atoms with E-state index in [0.717, 1.165) is 38.8 Å². The molecular formula is C22H38N3O+. The minimum Gasteiger partial charge on any atom is -0.342 e. The first-order valence-electron chi connectivity index (χ1n) is 11.2. The van der Waals surface area contributed by atoms with Crippen LogP contribution in [0.5, 0.6) is 0 Å². The van der Waals surface area contributed by atoms with Gasteiger partial charge in [0, 0.05) is 63.8 Å². The largest absolute Gasteiger partial charge is 0.342 e. The number of rotatable bonds is 2. The van der Waals surface area contributed by atoms with Crippen LogP contribution in [0.3, 0.4) is 0 Å². The summed E-state index contributed by atoms with van der Waals surface area (Å²) in [6.07, 6.45) is 11.1. The summed E-state index contributed by atoms with van der Waals surface area (Å²) < 4.78 is 2.63. The Morgan fingerprint density at radius 1 is 1.04 bits per heavy atom. The topological polar surface area (TPSA) is 26.6 Å². The summed E-state index contributed by atoms with van der Waals surface area (Å²) in [5.41, 5.74) is 2.18. The molecule has 3 heterocycles. The molecule has 1 amide bonds. The predicted octanol–water partition coefficient (Wildman–Crippen LogP) is 3.15. The Bertz CT molecular complexity index is 534. The maximum absolute atomic E-state index is 13.0. The Labute approximate surface area is 159 Å². The molecule has 3 aliphatic heterocycles. The van der Waals surface area contributed by atoms with Crippen LogP contribution in [-0.4, -0.2) is 71.3 Å². The van der Waals surface area contributed by atoms with Crippen LogP contribution in [0, 0.1) is 11.3 Å². The SMILES string of the molecule is CC(C)N1CC2(CCN(C(=O)C3CCC(=[N+]4CCCCC4)CC3)CC2)C1. The van der Waals surface area contributed by atoms with Crippen molar-refractivity contribution >= 4 is 11.6 Å². The Morgan fingerprint density at radius 3 is 2.23 bits per heavy atom. The molecular weight excluding hydrogens is 322 g/mol. The van der Waals surface area contributed by atoms with E-state index < -0.39 is 0 Å². The molecule has 146 valence electrons. The van der Waals surface area contributed by atoms with Crippen molar-refractivity contribution in [3.63, 3.8) is 0 Å². The minimum atomic E-state index is 0.297. The quantitative estimate of drug-likeness (QED) is 0.707. The Morgan fingerprint density at radius 2 is 1.65 bits per heavy atom. The molecule has 4 aliphatic rings. The zero-order valence-electron chi connectivity index (χ0n) is 17.0. The van der Waals surface area contributed by atoms with E-state index in [-0.39, 0.29) is 0 Å². The maximum atomic E-state index is 13.0. The van der Waals surface area contributed by atoms with E-state index in [1.54, 1.807) is 5.71 Å². The van der Waals surface area contributed by atoms with E-state index in [0.29, 0.717) is 23.3 Å². The summed E-state index contributed by atoms with van der Waals surface area (Å²) in [5, 5.41) is 0. The van der Waals surface area contributed by atoms with Crippen molar-refractivity contribution < 1.29 is 9.37 Å². The van der Waals surface area contributed by atoms with Crippen LogP contribution >= 0.6 is 0 Å². The van der Waals surface area contributed by atoms with Crippen LogP contribution < -0.4 is 0 Å². The number of nitrogens with zero attached hydrogens (tertiary/aromatic N) is 3. The summed E-state index contributed by atoms with van der Waals surface area (Å²) in [7, 11) is 0. The first kappa shape index (κ1) is 18.5. The van der Waals surface area contributed by atoms with Gasteiger partial charge in [0.05, 0.1) is 0 Å². The number of carbonyl (C=O) groups excluding carboxylic acids is 1. The lowest BCUT2D eigenvalue weighted by Gasteiger charge is -2.55. The van der Waals surface area contributed by atoms with Crippen molar-refractivity contribution in [3.8, 4) is 0 Å². The third kappa shape index (κ3) is 3.72. The Balaban J connectivity index is 1.25. The predicted molar refractivity (Wildman–Crippen MR) is 106 cm³/mol. The lowest BCUT2D eigenvalue weighted by Crippen LogP contribution is -2.62. The number of amides is 1. The van der Waals surface area contributed by atoms with Crippen LogP contribution in [0.2, 0.25) is 0 Å². The van der Waals surface area contributed by atoms with Crippen molar-refractivity contribution in [1.82, 2.24) is 9.80 Å². The molecule has 0 bridgehead atoms. The standard InChI is InChI=1S/C22H38N3O/c1-18(2)25-16-22(17-25)10-14-24(15-11-22)21(26)19-6-8-20(9-7-19)23-12-4-3-5-13-23/h18-19H,3-17H2,1-2H3/q+1. The van der Waals surface area contributed by atoms with Gasteiger partial charge >= 0.3 is 0 Å². The summed E-state index contributed by atoms with van der Waals surface area (Å²) in [5.74, 6) is 0.767. The highest BCUT2D eigenvalue weighted by Gasteiger charge is 2.46. The fourth-order valence-electron chi connectivity index (χ4n) is 5.68. The third-order valence-electron chi connectivity index (χ3n) is 7.66. The van der Waals surface area contributed by atoms with Gasteiger partial charge in [-0.15, -0.1) is 0 Å². The molecule has 3 saturated heterocycles.